The number of hydrogen-bond acceptors (Lipinski definition) is 5. The van der Waals surface area contributed by atoms with Gasteiger partial charge in [-0.05, 0) is 28.8 Å². The lowest BCUT2D eigenvalue weighted by atomic mass is 9.83. The molecule has 5 nitrogen and oxygen atoms in total. The molecule has 0 radical (unpaired) electrons. The molecule has 0 saturated carbocycles. The van der Waals surface area contributed by atoms with Gasteiger partial charge in [0.05, 0.1) is 13.2 Å². The topological polar surface area (TPSA) is 60.1 Å². The molecule has 1 atom stereocenters. The Morgan fingerprint density at radius 1 is 1.19 bits per heavy atom. The minimum Gasteiger partial charge on any atom is -0.435 e. The molecule has 0 spiro atoms. The standard InChI is InChI=1S/C19H21F2N3O2/c1-24-12-19(23-18(24)22,15-5-3-4-13(10-15)11-25-2)14-6-8-16(9-7-14)26-17(20)21/h3-10,17H,11-12H2,1-2H3,(H2,22,23). The van der Waals surface area contributed by atoms with Crippen molar-refractivity contribution < 1.29 is 18.3 Å². The molecule has 138 valence electrons. The fourth-order valence-electron chi connectivity index (χ4n) is 3.22. The van der Waals surface area contributed by atoms with Gasteiger partial charge in [-0.2, -0.15) is 8.78 Å². The van der Waals surface area contributed by atoms with Crippen LogP contribution in [0.25, 0.3) is 0 Å². The molecular formula is C19H21F2N3O2. The van der Waals surface area contributed by atoms with Crippen molar-refractivity contribution in [1.29, 1.82) is 0 Å². The monoisotopic (exact) mass is 361 g/mol. The second-order valence-electron chi connectivity index (χ2n) is 6.22. The molecule has 0 bridgehead atoms. The molecule has 2 aromatic rings. The van der Waals surface area contributed by atoms with Gasteiger partial charge in [0.2, 0.25) is 0 Å². The lowest BCUT2D eigenvalue weighted by molar-refractivity contribution is -0.0498. The van der Waals surface area contributed by atoms with Crippen LogP contribution in [0.5, 0.6) is 5.75 Å². The van der Waals surface area contributed by atoms with Crippen LogP contribution in [0.3, 0.4) is 0 Å². The molecule has 0 amide bonds. The predicted molar refractivity (Wildman–Crippen MR) is 95.3 cm³/mol. The Labute approximate surface area is 151 Å². The van der Waals surface area contributed by atoms with Gasteiger partial charge in [-0.1, -0.05) is 36.4 Å². The van der Waals surface area contributed by atoms with Gasteiger partial charge in [-0.15, -0.1) is 0 Å². The zero-order chi connectivity index (χ0) is 18.7. The van der Waals surface area contributed by atoms with E-state index in [4.69, 9.17) is 15.5 Å². The minimum absolute atomic E-state index is 0.107. The Hall–Kier alpha value is -2.67. The van der Waals surface area contributed by atoms with Gasteiger partial charge in [0.15, 0.2) is 5.96 Å². The summed E-state index contributed by atoms with van der Waals surface area (Å²) in [5.74, 6) is 0.533. The molecule has 7 heteroatoms. The molecule has 0 fully saturated rings. The Bertz CT molecular complexity index is 796. The number of likely N-dealkylation sites (N-methyl/N-ethyl adjacent to an activating group) is 1. The predicted octanol–water partition coefficient (Wildman–Crippen LogP) is 2.94. The normalized spacial score (nSPS) is 19.7. The molecule has 2 N–H and O–H groups in total. The highest BCUT2D eigenvalue weighted by Gasteiger charge is 2.40. The Kier molecular flexibility index (Phi) is 5.08. The summed E-state index contributed by atoms with van der Waals surface area (Å²) < 4.78 is 34.5. The smallest absolute Gasteiger partial charge is 0.387 e. The summed E-state index contributed by atoms with van der Waals surface area (Å²) in [4.78, 5) is 6.59. The number of methoxy groups -OCH3 is 1. The van der Waals surface area contributed by atoms with Crippen LogP contribution < -0.4 is 10.5 Å². The minimum atomic E-state index is -2.85. The maximum atomic E-state index is 12.4. The second-order valence-corrected chi connectivity index (χ2v) is 6.22. The molecule has 1 aliphatic heterocycles. The van der Waals surface area contributed by atoms with Crippen molar-refractivity contribution in [3.63, 3.8) is 0 Å². The van der Waals surface area contributed by atoms with E-state index in [9.17, 15) is 8.78 Å². The number of alkyl halides is 2. The SMILES string of the molecule is COCc1cccc(C2(c3ccc(OC(F)F)cc3)CN(C)C(N)=N2)c1. The molecule has 3 rings (SSSR count). The van der Waals surface area contributed by atoms with Crippen LogP contribution in [0, 0.1) is 0 Å². The molecule has 1 aliphatic rings. The van der Waals surface area contributed by atoms with Gasteiger partial charge >= 0.3 is 6.61 Å². The van der Waals surface area contributed by atoms with Crippen LogP contribution in [0.4, 0.5) is 8.78 Å². The van der Waals surface area contributed by atoms with Crippen LogP contribution in [0.2, 0.25) is 0 Å². The van der Waals surface area contributed by atoms with Crippen LogP contribution in [-0.4, -0.2) is 38.2 Å². The third-order valence-corrected chi connectivity index (χ3v) is 4.44. The highest BCUT2D eigenvalue weighted by Crippen LogP contribution is 2.39. The van der Waals surface area contributed by atoms with Gasteiger partial charge < -0.3 is 20.1 Å². The first-order valence-electron chi connectivity index (χ1n) is 8.15. The highest BCUT2D eigenvalue weighted by molar-refractivity contribution is 5.81. The van der Waals surface area contributed by atoms with E-state index in [2.05, 4.69) is 4.74 Å². The maximum absolute atomic E-state index is 12.4. The van der Waals surface area contributed by atoms with Crippen molar-refractivity contribution >= 4 is 5.96 Å². The number of hydrogen-bond donors (Lipinski definition) is 1. The van der Waals surface area contributed by atoms with Crippen molar-refractivity contribution in [2.24, 2.45) is 10.7 Å². The summed E-state index contributed by atoms with van der Waals surface area (Å²) in [6, 6.07) is 14.5. The molecule has 1 heterocycles. The molecule has 2 aromatic carbocycles. The molecule has 0 aliphatic carbocycles. The summed E-state index contributed by atoms with van der Waals surface area (Å²) in [6.45, 7) is -1.82. The van der Waals surface area contributed by atoms with E-state index in [1.807, 2.05) is 36.2 Å². The van der Waals surface area contributed by atoms with Gasteiger partial charge in [-0.3, -0.25) is 0 Å². The first-order chi connectivity index (χ1) is 12.4. The molecule has 1 unspecified atom stereocenters. The number of nitrogens with zero attached hydrogens (tertiary/aromatic N) is 2. The number of ether oxygens (including phenoxy) is 2. The van der Waals surface area contributed by atoms with Gasteiger partial charge in [0.1, 0.15) is 11.3 Å². The van der Waals surface area contributed by atoms with Crippen molar-refractivity contribution in [1.82, 2.24) is 4.90 Å². The zero-order valence-electron chi connectivity index (χ0n) is 14.7. The van der Waals surface area contributed by atoms with E-state index in [0.717, 1.165) is 16.7 Å². The van der Waals surface area contributed by atoms with Crippen molar-refractivity contribution in [3.8, 4) is 5.75 Å². The van der Waals surface area contributed by atoms with E-state index < -0.39 is 12.2 Å². The van der Waals surface area contributed by atoms with Crippen molar-refractivity contribution in [2.45, 2.75) is 18.8 Å². The van der Waals surface area contributed by atoms with Crippen molar-refractivity contribution in [2.75, 3.05) is 20.7 Å². The average Bonchev–Trinajstić information content (AvgIpc) is 2.92. The molecule has 26 heavy (non-hydrogen) atoms. The van der Waals surface area contributed by atoms with Gasteiger partial charge in [0, 0.05) is 14.2 Å². The molecule has 0 saturated heterocycles. The Morgan fingerprint density at radius 2 is 1.92 bits per heavy atom. The van der Waals surface area contributed by atoms with E-state index in [1.165, 1.54) is 12.1 Å². The first kappa shape index (κ1) is 18.1. The number of rotatable bonds is 6. The first-order valence-corrected chi connectivity index (χ1v) is 8.15. The lowest BCUT2D eigenvalue weighted by Gasteiger charge is -2.28. The van der Waals surface area contributed by atoms with E-state index >= 15 is 0 Å². The fourth-order valence-corrected chi connectivity index (χ4v) is 3.22. The third-order valence-electron chi connectivity index (χ3n) is 4.44. The van der Waals surface area contributed by atoms with Crippen LogP contribution in [0.1, 0.15) is 16.7 Å². The second kappa shape index (κ2) is 7.29. The van der Waals surface area contributed by atoms with E-state index in [0.29, 0.717) is 19.1 Å². The van der Waals surface area contributed by atoms with Crippen LogP contribution in [-0.2, 0) is 16.9 Å². The number of nitrogens with two attached hydrogens (primary N) is 1. The largest absolute Gasteiger partial charge is 0.435 e. The van der Waals surface area contributed by atoms with E-state index in [-0.39, 0.29) is 5.75 Å². The highest BCUT2D eigenvalue weighted by atomic mass is 19.3. The number of guanidine groups is 1. The zero-order valence-corrected chi connectivity index (χ0v) is 14.7. The molecule has 0 aromatic heterocycles. The number of halogens is 2. The van der Waals surface area contributed by atoms with Crippen LogP contribution in [0.15, 0.2) is 53.5 Å². The van der Waals surface area contributed by atoms with E-state index in [1.54, 1.807) is 19.2 Å². The Balaban J connectivity index is 2.05. The van der Waals surface area contributed by atoms with Crippen molar-refractivity contribution in [3.05, 3.63) is 65.2 Å². The van der Waals surface area contributed by atoms with Gasteiger partial charge in [-0.25, -0.2) is 4.99 Å². The fraction of sp³-hybridized carbons (Fsp3) is 0.316. The Morgan fingerprint density at radius 3 is 2.50 bits per heavy atom. The summed E-state index contributed by atoms with van der Waals surface area (Å²) in [6.07, 6.45) is 0. The third kappa shape index (κ3) is 3.48. The van der Waals surface area contributed by atoms with Crippen LogP contribution >= 0.6 is 0 Å². The lowest BCUT2D eigenvalue weighted by Crippen LogP contribution is -2.34. The average molecular weight is 361 g/mol. The summed E-state index contributed by atoms with van der Waals surface area (Å²) in [5, 5.41) is 0. The van der Waals surface area contributed by atoms with Gasteiger partial charge in [0.25, 0.3) is 0 Å². The number of aliphatic imine (C=N–C) groups is 1. The number of benzene rings is 2. The maximum Gasteiger partial charge on any atom is 0.387 e. The quantitative estimate of drug-likeness (QED) is 0.859. The molecular weight excluding hydrogens is 340 g/mol. The summed E-state index contributed by atoms with van der Waals surface area (Å²) >= 11 is 0. The summed E-state index contributed by atoms with van der Waals surface area (Å²) in [7, 11) is 3.51. The summed E-state index contributed by atoms with van der Waals surface area (Å²) in [5.41, 5.74) is 8.16.